The van der Waals surface area contributed by atoms with Gasteiger partial charge in [-0.3, -0.25) is 9.69 Å². The topological polar surface area (TPSA) is 98.1 Å². The van der Waals surface area contributed by atoms with Crippen molar-refractivity contribution < 1.29 is 28.3 Å². The zero-order chi connectivity index (χ0) is 25.1. The molecule has 2 aromatic carbocycles. The Bertz CT molecular complexity index is 1310. The van der Waals surface area contributed by atoms with Gasteiger partial charge in [-0.2, -0.15) is 0 Å². The number of rotatable bonds is 7. The fraction of sp³-hybridized carbons (Fsp3) is 0.125. The third-order valence-electron chi connectivity index (χ3n) is 4.95. The summed E-state index contributed by atoms with van der Waals surface area (Å²) in [6, 6.07) is 12.9. The number of methoxy groups -OCH3 is 1. The molecule has 180 valence electrons. The normalized spacial score (nSPS) is 14.4. The fourth-order valence-corrected chi connectivity index (χ4v) is 4.36. The van der Waals surface area contributed by atoms with Crippen molar-refractivity contribution in [3.63, 3.8) is 0 Å². The number of carbonyl (C=O) groups is 3. The summed E-state index contributed by atoms with van der Waals surface area (Å²) < 4.78 is 16.3. The highest BCUT2D eigenvalue weighted by Crippen LogP contribution is 2.36. The van der Waals surface area contributed by atoms with Crippen molar-refractivity contribution >= 4 is 63.1 Å². The lowest BCUT2D eigenvalue weighted by Crippen LogP contribution is -2.30. The van der Waals surface area contributed by atoms with Gasteiger partial charge in [0.25, 0.3) is 5.91 Å². The van der Waals surface area contributed by atoms with Gasteiger partial charge in [0.1, 0.15) is 18.1 Å². The first-order chi connectivity index (χ1) is 16.7. The Morgan fingerprint density at radius 2 is 1.89 bits per heavy atom. The quantitative estimate of drug-likeness (QED) is 0.215. The van der Waals surface area contributed by atoms with Crippen molar-refractivity contribution in [1.82, 2.24) is 10.2 Å². The fourth-order valence-electron chi connectivity index (χ4n) is 3.25. The maximum Gasteiger partial charge on any atom is 0.373 e. The largest absolute Gasteiger partial charge is 0.486 e. The van der Waals surface area contributed by atoms with Gasteiger partial charge in [-0.1, -0.05) is 35.3 Å². The summed E-state index contributed by atoms with van der Waals surface area (Å²) in [5.41, 5.74) is 1.54. The molecular weight excluding hydrogens is 563 g/mol. The Kier molecular flexibility index (Phi) is 7.49. The van der Waals surface area contributed by atoms with Crippen molar-refractivity contribution in [2.75, 3.05) is 7.11 Å². The van der Waals surface area contributed by atoms with Crippen LogP contribution >= 0.6 is 39.1 Å². The number of amides is 3. The van der Waals surface area contributed by atoms with Gasteiger partial charge in [0.2, 0.25) is 5.76 Å². The minimum atomic E-state index is -0.655. The number of hydrogen-bond donors (Lipinski definition) is 1. The van der Waals surface area contributed by atoms with Crippen LogP contribution in [0, 0.1) is 0 Å². The molecule has 3 amide bonds. The molecule has 1 aromatic heterocycles. The van der Waals surface area contributed by atoms with E-state index in [2.05, 4.69) is 26.0 Å². The van der Waals surface area contributed by atoms with Gasteiger partial charge in [-0.05, 0) is 69.5 Å². The SMILES string of the molecule is COC(=O)c1ccc(CN2C(=O)N/C(=C\c3cc(Cl)c(OCc4ccc(Cl)cc4)c(Br)c3)C2=O)o1. The van der Waals surface area contributed by atoms with E-state index in [1.165, 1.54) is 25.3 Å². The number of esters is 1. The van der Waals surface area contributed by atoms with Gasteiger partial charge >= 0.3 is 12.0 Å². The van der Waals surface area contributed by atoms with Gasteiger partial charge in [-0.25, -0.2) is 9.59 Å². The Labute approximate surface area is 218 Å². The van der Waals surface area contributed by atoms with Gasteiger partial charge in [-0.15, -0.1) is 0 Å². The summed E-state index contributed by atoms with van der Waals surface area (Å²) in [7, 11) is 1.22. The van der Waals surface area contributed by atoms with Crippen LogP contribution in [0.15, 0.2) is 63.1 Å². The molecule has 2 heterocycles. The minimum absolute atomic E-state index is 0.0248. The lowest BCUT2D eigenvalue weighted by atomic mass is 10.1. The molecule has 3 aromatic rings. The van der Waals surface area contributed by atoms with Crippen LogP contribution < -0.4 is 10.1 Å². The number of imide groups is 1. The number of urea groups is 1. The lowest BCUT2D eigenvalue weighted by Gasteiger charge is -2.11. The van der Waals surface area contributed by atoms with E-state index < -0.39 is 17.9 Å². The van der Waals surface area contributed by atoms with E-state index in [0.717, 1.165) is 10.5 Å². The number of ether oxygens (including phenoxy) is 2. The molecule has 1 aliphatic rings. The summed E-state index contributed by atoms with van der Waals surface area (Å²) in [6.45, 7) is 0.130. The Morgan fingerprint density at radius 1 is 1.14 bits per heavy atom. The van der Waals surface area contributed by atoms with Crippen LogP contribution in [0.25, 0.3) is 6.08 Å². The van der Waals surface area contributed by atoms with Crippen molar-refractivity contribution in [3.8, 4) is 5.75 Å². The van der Waals surface area contributed by atoms with E-state index >= 15 is 0 Å². The molecule has 0 atom stereocenters. The van der Waals surface area contributed by atoms with Crippen molar-refractivity contribution in [2.24, 2.45) is 0 Å². The molecule has 11 heteroatoms. The number of halogens is 3. The van der Waals surface area contributed by atoms with Crippen molar-refractivity contribution in [1.29, 1.82) is 0 Å². The molecule has 0 aliphatic carbocycles. The highest BCUT2D eigenvalue weighted by atomic mass is 79.9. The lowest BCUT2D eigenvalue weighted by molar-refractivity contribution is -0.123. The standard InChI is InChI=1S/C24H17BrCl2N2O6/c1-33-23(31)20-7-6-16(35-20)11-29-22(30)19(28-24(29)32)10-14-8-17(25)21(18(27)9-14)34-12-13-2-4-15(26)5-3-13/h2-10H,11-12H2,1H3,(H,28,32)/b19-10-. The second-order valence-corrected chi connectivity index (χ2v) is 9.06. The Balaban J connectivity index is 1.47. The number of carbonyl (C=O) groups excluding carboxylic acids is 3. The number of hydrogen-bond acceptors (Lipinski definition) is 6. The van der Waals surface area contributed by atoms with E-state index in [-0.39, 0.29) is 30.4 Å². The summed E-state index contributed by atoms with van der Waals surface area (Å²) in [5.74, 6) is -0.545. The molecule has 0 radical (unpaired) electrons. The van der Waals surface area contributed by atoms with Gasteiger partial charge in [0, 0.05) is 5.02 Å². The molecule has 0 spiro atoms. The van der Waals surface area contributed by atoms with Gasteiger partial charge in [0.05, 0.1) is 23.1 Å². The summed E-state index contributed by atoms with van der Waals surface area (Å²) in [5, 5.41) is 3.48. The molecule has 8 nitrogen and oxygen atoms in total. The van der Waals surface area contributed by atoms with E-state index in [0.29, 0.717) is 25.8 Å². The van der Waals surface area contributed by atoms with E-state index in [4.69, 9.17) is 32.4 Å². The van der Waals surface area contributed by atoms with Crippen LogP contribution in [0.5, 0.6) is 5.75 Å². The first-order valence-corrected chi connectivity index (χ1v) is 11.7. The van der Waals surface area contributed by atoms with E-state index in [9.17, 15) is 14.4 Å². The van der Waals surface area contributed by atoms with E-state index in [1.54, 1.807) is 24.3 Å². The molecule has 0 saturated carbocycles. The molecule has 0 bridgehead atoms. The predicted octanol–water partition coefficient (Wildman–Crippen LogP) is 5.81. The smallest absolute Gasteiger partial charge is 0.373 e. The van der Waals surface area contributed by atoms with Crippen LogP contribution in [0.2, 0.25) is 10.0 Å². The third-order valence-corrected chi connectivity index (χ3v) is 6.07. The molecular formula is C24H17BrCl2N2O6. The van der Waals surface area contributed by atoms with Gasteiger partial charge in [0.15, 0.2) is 5.75 Å². The molecule has 1 aliphatic heterocycles. The summed E-state index contributed by atoms with van der Waals surface area (Å²) in [4.78, 5) is 37.7. The van der Waals surface area contributed by atoms with Crippen LogP contribution in [-0.2, 0) is 22.7 Å². The van der Waals surface area contributed by atoms with Crippen LogP contribution in [-0.4, -0.2) is 29.9 Å². The molecule has 0 unspecified atom stereocenters. The van der Waals surface area contributed by atoms with Crippen molar-refractivity contribution in [3.05, 3.63) is 91.4 Å². The first-order valence-electron chi connectivity index (χ1n) is 10.1. The number of furan rings is 1. The maximum atomic E-state index is 12.8. The molecule has 1 N–H and O–H groups in total. The highest BCUT2D eigenvalue weighted by molar-refractivity contribution is 9.10. The van der Waals surface area contributed by atoms with Gasteiger partial charge < -0.3 is 19.2 Å². The molecule has 1 saturated heterocycles. The minimum Gasteiger partial charge on any atom is -0.486 e. The maximum absolute atomic E-state index is 12.8. The zero-order valence-electron chi connectivity index (χ0n) is 18.1. The molecule has 1 fully saturated rings. The highest BCUT2D eigenvalue weighted by Gasteiger charge is 2.34. The van der Waals surface area contributed by atoms with Crippen LogP contribution in [0.1, 0.15) is 27.4 Å². The average molecular weight is 580 g/mol. The average Bonchev–Trinajstić information content (AvgIpc) is 3.39. The zero-order valence-corrected chi connectivity index (χ0v) is 21.2. The monoisotopic (exact) mass is 578 g/mol. The Morgan fingerprint density at radius 3 is 2.57 bits per heavy atom. The van der Waals surface area contributed by atoms with E-state index in [1.807, 2.05) is 12.1 Å². The number of nitrogens with one attached hydrogen (secondary N) is 1. The summed E-state index contributed by atoms with van der Waals surface area (Å²) >= 11 is 15.8. The third kappa shape index (κ3) is 5.70. The van der Waals surface area contributed by atoms with Crippen LogP contribution in [0.3, 0.4) is 0 Å². The first kappa shape index (κ1) is 24.8. The predicted molar refractivity (Wildman–Crippen MR) is 132 cm³/mol. The van der Waals surface area contributed by atoms with Crippen LogP contribution in [0.4, 0.5) is 4.79 Å². The number of benzene rings is 2. The number of nitrogens with zero attached hydrogens (tertiary/aromatic N) is 1. The summed E-state index contributed by atoms with van der Waals surface area (Å²) in [6.07, 6.45) is 1.50. The Hall–Kier alpha value is -3.27. The molecule has 35 heavy (non-hydrogen) atoms. The second kappa shape index (κ2) is 10.6. The van der Waals surface area contributed by atoms with Crippen molar-refractivity contribution in [2.45, 2.75) is 13.2 Å². The molecule has 4 rings (SSSR count). The second-order valence-electron chi connectivity index (χ2n) is 7.37.